The van der Waals surface area contributed by atoms with Crippen molar-refractivity contribution >= 4 is 23.6 Å². The molecule has 1 saturated heterocycles. The first-order valence-corrected chi connectivity index (χ1v) is 8.56. The monoisotopic (exact) mass is 350 g/mol. The van der Waals surface area contributed by atoms with Crippen molar-refractivity contribution in [3.05, 3.63) is 71.8 Å². The highest BCUT2D eigenvalue weighted by molar-refractivity contribution is 5.99. The number of rotatable bonds is 4. The van der Waals surface area contributed by atoms with Crippen LogP contribution < -0.4 is 10.4 Å². The maximum absolute atomic E-state index is 12.4. The van der Waals surface area contributed by atoms with Crippen LogP contribution in [-0.2, 0) is 14.3 Å². The molecular formula is C21H22N2O3. The first-order chi connectivity index (χ1) is 12.6. The van der Waals surface area contributed by atoms with E-state index in [-0.39, 0.29) is 11.9 Å². The van der Waals surface area contributed by atoms with E-state index in [0.29, 0.717) is 6.42 Å². The number of esters is 1. The van der Waals surface area contributed by atoms with E-state index in [1.807, 2.05) is 72.6 Å². The van der Waals surface area contributed by atoms with Gasteiger partial charge in [0, 0.05) is 0 Å². The van der Waals surface area contributed by atoms with Gasteiger partial charge in [0.2, 0.25) is 0 Å². The number of para-hydroxylation sites is 1. The maximum Gasteiger partial charge on any atom is 0.318 e. The Balaban J connectivity index is 1.96. The van der Waals surface area contributed by atoms with Crippen LogP contribution in [0, 0.1) is 5.92 Å². The van der Waals surface area contributed by atoms with E-state index in [4.69, 9.17) is 4.74 Å². The predicted molar refractivity (Wildman–Crippen MR) is 101 cm³/mol. The van der Waals surface area contributed by atoms with E-state index in [0.717, 1.165) is 16.8 Å². The van der Waals surface area contributed by atoms with Gasteiger partial charge >= 0.3 is 5.97 Å². The first-order valence-electron chi connectivity index (χ1n) is 8.56. The molecule has 0 saturated carbocycles. The lowest BCUT2D eigenvalue weighted by Gasteiger charge is -2.40. The first kappa shape index (κ1) is 17.7. The predicted octanol–water partition coefficient (Wildman–Crippen LogP) is 3.19. The summed E-state index contributed by atoms with van der Waals surface area (Å²) in [5.74, 6) is -1.67. The zero-order chi connectivity index (χ0) is 18.5. The summed E-state index contributed by atoms with van der Waals surface area (Å²) in [6, 6.07) is 19.4. The lowest BCUT2D eigenvalue weighted by atomic mass is 9.90. The number of benzene rings is 2. The molecule has 2 aromatic rings. The average molecular weight is 350 g/mol. The Bertz CT molecular complexity index is 803. The summed E-state index contributed by atoms with van der Waals surface area (Å²) in [5.41, 5.74) is 5.86. The van der Waals surface area contributed by atoms with E-state index in [9.17, 15) is 9.59 Å². The number of carbonyl (C=O) groups excluding carboxylic acids is 2. The molecule has 26 heavy (non-hydrogen) atoms. The molecule has 1 amide bonds. The number of amides is 1. The Morgan fingerprint density at radius 3 is 2.35 bits per heavy atom. The molecule has 1 heterocycles. The van der Waals surface area contributed by atoms with Crippen LogP contribution in [-0.4, -0.2) is 25.0 Å². The van der Waals surface area contributed by atoms with Crippen molar-refractivity contribution in [2.24, 2.45) is 5.92 Å². The van der Waals surface area contributed by atoms with Crippen LogP contribution in [0.5, 0.6) is 0 Å². The van der Waals surface area contributed by atoms with Gasteiger partial charge < -0.3 is 4.74 Å². The number of anilines is 1. The summed E-state index contributed by atoms with van der Waals surface area (Å²) in [6.07, 6.45) is 2.44. The summed E-state index contributed by atoms with van der Waals surface area (Å²) in [7, 11) is 1.31. The Labute approximate surface area is 153 Å². The van der Waals surface area contributed by atoms with Crippen molar-refractivity contribution in [2.45, 2.75) is 19.4 Å². The fourth-order valence-electron chi connectivity index (χ4n) is 3.19. The van der Waals surface area contributed by atoms with Crippen LogP contribution in [0.2, 0.25) is 0 Å². The van der Waals surface area contributed by atoms with Gasteiger partial charge in [0.25, 0.3) is 5.91 Å². The smallest absolute Gasteiger partial charge is 0.318 e. The highest BCUT2D eigenvalue weighted by Gasteiger charge is 2.39. The molecule has 0 aliphatic carbocycles. The minimum atomic E-state index is -0.816. The fraction of sp³-hybridized carbons (Fsp3) is 0.238. The van der Waals surface area contributed by atoms with E-state index in [2.05, 4.69) is 11.5 Å². The number of nitrogens with zero attached hydrogens (tertiary/aromatic N) is 1. The third-order valence-electron chi connectivity index (χ3n) is 4.56. The standard InChI is InChI=1S/C21H22N2O3/c1-15(13-16-9-5-3-6-10-16)19-14-18(21(25)26-2)20(24)22-23(19)17-11-7-4-8-12-17/h3-13,18-19H,14H2,1-2H3,(H,22,24)/b15-13+. The molecule has 5 heteroatoms. The van der Waals surface area contributed by atoms with Gasteiger partial charge in [-0.3, -0.25) is 20.0 Å². The highest BCUT2D eigenvalue weighted by Crippen LogP contribution is 2.29. The molecule has 2 aromatic carbocycles. The molecule has 1 aliphatic rings. The molecule has 0 radical (unpaired) electrons. The number of ether oxygens (including phenoxy) is 1. The van der Waals surface area contributed by atoms with Crippen molar-refractivity contribution in [3.63, 3.8) is 0 Å². The lowest BCUT2D eigenvalue weighted by molar-refractivity contribution is -0.151. The summed E-state index contributed by atoms with van der Waals surface area (Å²) < 4.78 is 4.81. The van der Waals surface area contributed by atoms with Gasteiger partial charge in [0.1, 0.15) is 5.92 Å². The zero-order valence-corrected chi connectivity index (χ0v) is 14.9. The zero-order valence-electron chi connectivity index (χ0n) is 14.9. The van der Waals surface area contributed by atoms with Crippen molar-refractivity contribution < 1.29 is 14.3 Å². The lowest BCUT2D eigenvalue weighted by Crippen LogP contribution is -2.58. The Hall–Kier alpha value is -3.08. The third kappa shape index (κ3) is 3.77. The van der Waals surface area contributed by atoms with Gasteiger partial charge in [-0.1, -0.05) is 54.6 Å². The second-order valence-corrected chi connectivity index (χ2v) is 6.31. The van der Waals surface area contributed by atoms with Crippen LogP contribution in [0.3, 0.4) is 0 Å². The number of nitrogens with one attached hydrogen (secondary N) is 1. The van der Waals surface area contributed by atoms with Crippen LogP contribution in [0.4, 0.5) is 5.69 Å². The van der Waals surface area contributed by atoms with Crippen molar-refractivity contribution in [1.82, 2.24) is 5.43 Å². The highest BCUT2D eigenvalue weighted by atomic mass is 16.5. The van der Waals surface area contributed by atoms with Gasteiger partial charge in [0.15, 0.2) is 0 Å². The Morgan fingerprint density at radius 1 is 1.12 bits per heavy atom. The normalized spacial score (nSPS) is 20.5. The van der Waals surface area contributed by atoms with Crippen LogP contribution in [0.15, 0.2) is 66.2 Å². The maximum atomic E-state index is 12.4. The minimum absolute atomic E-state index is 0.153. The van der Waals surface area contributed by atoms with Crippen LogP contribution in [0.1, 0.15) is 18.9 Å². The van der Waals surface area contributed by atoms with E-state index >= 15 is 0 Å². The summed E-state index contributed by atoms with van der Waals surface area (Å²) >= 11 is 0. The molecule has 2 atom stereocenters. The number of hydrogen-bond acceptors (Lipinski definition) is 4. The molecule has 3 rings (SSSR count). The number of carbonyl (C=O) groups is 2. The van der Waals surface area contributed by atoms with Gasteiger partial charge in [-0.25, -0.2) is 0 Å². The van der Waals surface area contributed by atoms with E-state index < -0.39 is 11.9 Å². The molecular weight excluding hydrogens is 328 g/mol. The molecule has 1 N–H and O–H groups in total. The topological polar surface area (TPSA) is 58.6 Å². The van der Waals surface area contributed by atoms with Crippen LogP contribution >= 0.6 is 0 Å². The second kappa shape index (κ2) is 7.87. The molecule has 0 spiro atoms. The Kier molecular flexibility index (Phi) is 5.37. The number of hydrogen-bond donors (Lipinski definition) is 1. The van der Waals surface area contributed by atoms with Crippen molar-refractivity contribution in [3.8, 4) is 0 Å². The molecule has 0 aromatic heterocycles. The summed E-state index contributed by atoms with van der Waals surface area (Å²) in [5, 5.41) is 1.83. The largest absolute Gasteiger partial charge is 0.468 e. The average Bonchev–Trinajstić information content (AvgIpc) is 2.68. The molecule has 5 nitrogen and oxygen atoms in total. The minimum Gasteiger partial charge on any atom is -0.468 e. The Morgan fingerprint density at radius 2 is 1.73 bits per heavy atom. The van der Waals surface area contributed by atoms with Gasteiger partial charge in [-0.05, 0) is 36.6 Å². The fourth-order valence-corrected chi connectivity index (χ4v) is 3.19. The van der Waals surface area contributed by atoms with Crippen LogP contribution in [0.25, 0.3) is 6.08 Å². The molecule has 134 valence electrons. The van der Waals surface area contributed by atoms with E-state index in [1.54, 1.807) is 0 Å². The van der Waals surface area contributed by atoms with Gasteiger partial charge in [-0.15, -0.1) is 0 Å². The summed E-state index contributed by atoms with van der Waals surface area (Å²) in [6.45, 7) is 2.01. The summed E-state index contributed by atoms with van der Waals surface area (Å²) in [4.78, 5) is 24.5. The van der Waals surface area contributed by atoms with E-state index in [1.165, 1.54) is 7.11 Å². The van der Waals surface area contributed by atoms with Gasteiger partial charge in [0.05, 0.1) is 18.8 Å². The second-order valence-electron chi connectivity index (χ2n) is 6.31. The quantitative estimate of drug-likeness (QED) is 0.680. The van der Waals surface area contributed by atoms with Gasteiger partial charge in [-0.2, -0.15) is 0 Å². The molecule has 0 bridgehead atoms. The molecule has 1 aliphatic heterocycles. The number of hydrazine groups is 1. The number of methoxy groups -OCH3 is 1. The van der Waals surface area contributed by atoms with Crippen molar-refractivity contribution in [2.75, 3.05) is 12.1 Å². The van der Waals surface area contributed by atoms with Crippen molar-refractivity contribution in [1.29, 1.82) is 0 Å². The molecule has 1 fully saturated rings. The SMILES string of the molecule is COC(=O)C1CC(/C(C)=C/c2ccccc2)N(c2ccccc2)NC1=O. The third-order valence-corrected chi connectivity index (χ3v) is 4.56. The molecule has 2 unspecified atom stereocenters.